The summed E-state index contributed by atoms with van der Waals surface area (Å²) in [5.74, 6) is 1.21. The zero-order valence-electron chi connectivity index (χ0n) is 15.1. The van der Waals surface area contributed by atoms with Crippen LogP contribution < -0.4 is 5.32 Å². The normalized spacial score (nSPS) is 20.1. The van der Waals surface area contributed by atoms with E-state index in [0.717, 1.165) is 42.7 Å². The summed E-state index contributed by atoms with van der Waals surface area (Å²) in [5.41, 5.74) is 2.14. The van der Waals surface area contributed by atoms with Crippen LogP contribution in [0.1, 0.15) is 32.0 Å². The second-order valence-electron chi connectivity index (χ2n) is 6.88. The van der Waals surface area contributed by atoms with Crippen molar-refractivity contribution in [3.8, 4) is 0 Å². The third-order valence-electron chi connectivity index (χ3n) is 5.15. The van der Waals surface area contributed by atoms with Crippen LogP contribution in [0.25, 0.3) is 11.0 Å². The Hall–Kier alpha value is -2.08. The summed E-state index contributed by atoms with van der Waals surface area (Å²) < 4.78 is 2.19. The SMILES string of the molecule is CCn1c(CCNC(=O)N(C)CC2CCCC2O)nc2ccccc21. The third-order valence-corrected chi connectivity index (χ3v) is 5.15. The molecule has 2 amide bonds. The number of amides is 2. The standard InChI is InChI=1S/C19H28N4O2/c1-3-23-16-9-5-4-8-15(16)21-18(23)11-12-20-19(25)22(2)13-14-7-6-10-17(14)24/h4-5,8-9,14,17,24H,3,6-7,10-13H2,1-2H3,(H,20,25). The van der Waals surface area contributed by atoms with Crippen LogP contribution >= 0.6 is 0 Å². The number of nitrogens with one attached hydrogen (secondary N) is 1. The number of rotatable bonds is 6. The van der Waals surface area contributed by atoms with Gasteiger partial charge in [-0.3, -0.25) is 0 Å². The van der Waals surface area contributed by atoms with Gasteiger partial charge in [0.25, 0.3) is 0 Å². The van der Waals surface area contributed by atoms with Crippen LogP contribution in [0.3, 0.4) is 0 Å². The summed E-state index contributed by atoms with van der Waals surface area (Å²) >= 11 is 0. The topological polar surface area (TPSA) is 70.4 Å². The number of hydrogen-bond donors (Lipinski definition) is 2. The van der Waals surface area contributed by atoms with Crippen molar-refractivity contribution in [2.24, 2.45) is 5.92 Å². The molecule has 2 N–H and O–H groups in total. The van der Waals surface area contributed by atoms with Crippen molar-refractivity contribution in [2.45, 2.75) is 45.3 Å². The van der Waals surface area contributed by atoms with Crippen LogP contribution in [0, 0.1) is 5.92 Å². The lowest BCUT2D eigenvalue weighted by Crippen LogP contribution is -2.41. The zero-order valence-corrected chi connectivity index (χ0v) is 15.1. The van der Waals surface area contributed by atoms with E-state index in [-0.39, 0.29) is 18.1 Å². The molecule has 1 fully saturated rings. The van der Waals surface area contributed by atoms with E-state index in [9.17, 15) is 9.90 Å². The summed E-state index contributed by atoms with van der Waals surface area (Å²) in [6.07, 6.45) is 3.34. The first-order valence-corrected chi connectivity index (χ1v) is 9.21. The molecule has 6 nitrogen and oxygen atoms in total. The van der Waals surface area contributed by atoms with Gasteiger partial charge in [-0.25, -0.2) is 9.78 Å². The Morgan fingerprint density at radius 3 is 2.92 bits per heavy atom. The minimum Gasteiger partial charge on any atom is -0.393 e. The van der Waals surface area contributed by atoms with Gasteiger partial charge in [-0.2, -0.15) is 0 Å². The minimum absolute atomic E-state index is 0.0849. The lowest BCUT2D eigenvalue weighted by Gasteiger charge is -2.23. The quantitative estimate of drug-likeness (QED) is 0.845. The van der Waals surface area contributed by atoms with E-state index in [1.807, 2.05) is 18.2 Å². The van der Waals surface area contributed by atoms with Crippen LogP contribution in [0.2, 0.25) is 0 Å². The minimum atomic E-state index is -0.264. The largest absolute Gasteiger partial charge is 0.393 e. The van der Waals surface area contributed by atoms with Crippen molar-refractivity contribution in [3.05, 3.63) is 30.1 Å². The number of benzene rings is 1. The number of nitrogens with zero attached hydrogens (tertiary/aromatic N) is 3. The van der Waals surface area contributed by atoms with Crippen molar-refractivity contribution >= 4 is 17.1 Å². The van der Waals surface area contributed by atoms with Gasteiger partial charge >= 0.3 is 6.03 Å². The summed E-state index contributed by atoms with van der Waals surface area (Å²) in [6, 6.07) is 8.03. The highest BCUT2D eigenvalue weighted by molar-refractivity contribution is 5.76. The number of aliphatic hydroxyl groups excluding tert-OH is 1. The maximum Gasteiger partial charge on any atom is 0.317 e. The van der Waals surface area contributed by atoms with E-state index in [4.69, 9.17) is 0 Å². The monoisotopic (exact) mass is 344 g/mol. The molecule has 1 aliphatic carbocycles. The average molecular weight is 344 g/mol. The number of carbonyl (C=O) groups excluding carboxylic acids is 1. The lowest BCUT2D eigenvalue weighted by molar-refractivity contribution is 0.114. The number of para-hydroxylation sites is 2. The lowest BCUT2D eigenvalue weighted by atomic mass is 10.1. The van der Waals surface area contributed by atoms with Gasteiger partial charge in [-0.05, 0) is 31.9 Å². The summed E-state index contributed by atoms with van der Waals surface area (Å²) in [7, 11) is 1.79. The molecule has 0 saturated heterocycles. The molecule has 1 heterocycles. The maximum absolute atomic E-state index is 12.3. The van der Waals surface area contributed by atoms with E-state index >= 15 is 0 Å². The predicted molar refractivity (Wildman–Crippen MR) is 98.5 cm³/mol. The first kappa shape index (κ1) is 17.7. The molecule has 2 unspecified atom stereocenters. The molecule has 2 aromatic rings. The summed E-state index contributed by atoms with van der Waals surface area (Å²) in [5, 5.41) is 12.9. The number of aryl methyl sites for hydroxylation is 1. The molecule has 1 aromatic heterocycles. The third kappa shape index (κ3) is 3.95. The van der Waals surface area contributed by atoms with Crippen molar-refractivity contribution in [2.75, 3.05) is 20.1 Å². The van der Waals surface area contributed by atoms with Gasteiger partial charge < -0.3 is 19.9 Å². The number of fused-ring (bicyclic) bond motifs is 1. The molecular weight excluding hydrogens is 316 g/mol. The van der Waals surface area contributed by atoms with Gasteiger partial charge in [0.1, 0.15) is 5.82 Å². The van der Waals surface area contributed by atoms with Crippen molar-refractivity contribution < 1.29 is 9.90 Å². The van der Waals surface area contributed by atoms with E-state index < -0.39 is 0 Å². The summed E-state index contributed by atoms with van der Waals surface area (Å²) in [4.78, 5) is 18.6. The average Bonchev–Trinajstić information content (AvgIpc) is 3.17. The van der Waals surface area contributed by atoms with E-state index in [2.05, 4.69) is 27.9 Å². The van der Waals surface area contributed by atoms with E-state index in [1.165, 1.54) is 0 Å². The summed E-state index contributed by atoms with van der Waals surface area (Å²) in [6.45, 7) is 4.14. The second kappa shape index (κ2) is 7.87. The number of aliphatic hydroxyl groups is 1. The predicted octanol–water partition coefficient (Wildman–Crippen LogP) is 2.40. The van der Waals surface area contributed by atoms with E-state index in [1.54, 1.807) is 11.9 Å². The first-order chi connectivity index (χ1) is 12.1. The molecular formula is C19H28N4O2. The van der Waals surface area contributed by atoms with Crippen molar-refractivity contribution in [3.63, 3.8) is 0 Å². The Morgan fingerprint density at radius 1 is 1.40 bits per heavy atom. The Labute approximate surface area is 148 Å². The molecule has 25 heavy (non-hydrogen) atoms. The van der Waals surface area contributed by atoms with E-state index in [0.29, 0.717) is 19.5 Å². The highest BCUT2D eigenvalue weighted by Gasteiger charge is 2.27. The molecule has 0 radical (unpaired) electrons. The zero-order chi connectivity index (χ0) is 17.8. The van der Waals surface area contributed by atoms with Crippen LogP contribution in [0.15, 0.2) is 24.3 Å². The Morgan fingerprint density at radius 2 is 2.20 bits per heavy atom. The van der Waals surface area contributed by atoms with Gasteiger partial charge in [-0.15, -0.1) is 0 Å². The molecule has 0 spiro atoms. The van der Waals surface area contributed by atoms with Crippen molar-refractivity contribution in [1.29, 1.82) is 0 Å². The van der Waals surface area contributed by atoms with Crippen LogP contribution in [0.5, 0.6) is 0 Å². The fourth-order valence-electron chi connectivity index (χ4n) is 3.75. The molecule has 2 atom stereocenters. The first-order valence-electron chi connectivity index (χ1n) is 9.21. The van der Waals surface area contributed by atoms with Gasteiger partial charge in [0.05, 0.1) is 17.1 Å². The highest BCUT2D eigenvalue weighted by Crippen LogP contribution is 2.25. The molecule has 3 rings (SSSR count). The van der Waals surface area contributed by atoms with Crippen LogP contribution in [0.4, 0.5) is 4.79 Å². The number of hydrogen-bond acceptors (Lipinski definition) is 3. The molecule has 136 valence electrons. The Kier molecular flexibility index (Phi) is 5.58. The van der Waals surface area contributed by atoms with Gasteiger partial charge in [0, 0.05) is 39.0 Å². The number of aromatic nitrogens is 2. The number of urea groups is 1. The van der Waals surface area contributed by atoms with Crippen molar-refractivity contribution in [1.82, 2.24) is 19.8 Å². The van der Waals surface area contributed by atoms with Crippen LogP contribution in [-0.4, -0.2) is 51.8 Å². The highest BCUT2D eigenvalue weighted by atomic mass is 16.3. The Balaban J connectivity index is 1.53. The fraction of sp³-hybridized carbons (Fsp3) is 0.579. The van der Waals surface area contributed by atoms with Gasteiger partial charge in [0.2, 0.25) is 0 Å². The molecule has 1 saturated carbocycles. The number of carbonyl (C=O) groups is 1. The molecule has 1 aromatic carbocycles. The Bertz CT molecular complexity index is 727. The smallest absolute Gasteiger partial charge is 0.317 e. The van der Waals surface area contributed by atoms with Gasteiger partial charge in [0.15, 0.2) is 0 Å². The molecule has 0 bridgehead atoms. The molecule has 6 heteroatoms. The van der Waals surface area contributed by atoms with Gasteiger partial charge in [-0.1, -0.05) is 18.6 Å². The van der Waals surface area contributed by atoms with Crippen LogP contribution in [-0.2, 0) is 13.0 Å². The molecule has 0 aliphatic heterocycles. The fourth-order valence-corrected chi connectivity index (χ4v) is 3.75. The number of imidazole rings is 1. The molecule has 1 aliphatic rings. The second-order valence-corrected chi connectivity index (χ2v) is 6.88. The maximum atomic E-state index is 12.3.